The first-order valence-corrected chi connectivity index (χ1v) is 7.12. The molecule has 0 aromatic carbocycles. The Morgan fingerprint density at radius 2 is 2.05 bits per heavy atom. The summed E-state index contributed by atoms with van der Waals surface area (Å²) in [5, 5.41) is 9.11. The normalized spacial score (nSPS) is 13.1. The second-order valence-corrected chi connectivity index (χ2v) is 5.80. The molecule has 7 nitrogen and oxygen atoms in total. The maximum atomic E-state index is 5.23. The number of aromatic nitrogens is 5. The van der Waals surface area contributed by atoms with E-state index >= 15 is 0 Å². The molecule has 0 spiro atoms. The van der Waals surface area contributed by atoms with E-state index in [9.17, 15) is 0 Å². The molecule has 0 amide bonds. The Hall–Kier alpha value is -1.96. The van der Waals surface area contributed by atoms with E-state index in [1.807, 2.05) is 39.8 Å². The summed E-state index contributed by atoms with van der Waals surface area (Å²) in [6.07, 6.45) is 0. The van der Waals surface area contributed by atoms with Gasteiger partial charge in [-0.3, -0.25) is 0 Å². The van der Waals surface area contributed by atoms with Gasteiger partial charge in [-0.05, 0) is 20.8 Å². The molecule has 0 aliphatic rings. The number of anilines is 1. The van der Waals surface area contributed by atoms with Crippen LogP contribution >= 0.6 is 11.3 Å². The zero-order chi connectivity index (χ0) is 14.4. The lowest BCUT2D eigenvalue weighted by Crippen LogP contribution is -2.21. The molecular formula is C12H16N6OS. The highest BCUT2D eigenvalue weighted by molar-refractivity contribution is 7.22. The Labute approximate surface area is 120 Å². The second-order valence-electron chi connectivity index (χ2n) is 4.82. The van der Waals surface area contributed by atoms with Crippen LogP contribution in [-0.4, -0.2) is 32.0 Å². The smallest absolute Gasteiger partial charge is 0.249 e. The van der Waals surface area contributed by atoms with E-state index in [0.717, 1.165) is 21.2 Å². The third kappa shape index (κ3) is 1.96. The van der Waals surface area contributed by atoms with Crippen molar-refractivity contribution in [3.8, 4) is 0 Å². The Bertz CT molecular complexity index is 723. The number of aryl methyl sites for hydroxylation is 3. The molecule has 20 heavy (non-hydrogen) atoms. The largest absolute Gasteiger partial charge is 0.339 e. The van der Waals surface area contributed by atoms with Crippen LogP contribution < -0.4 is 4.90 Å². The van der Waals surface area contributed by atoms with Crippen molar-refractivity contribution < 1.29 is 4.52 Å². The summed E-state index contributed by atoms with van der Waals surface area (Å²) < 4.78 is 8.15. The molecule has 8 heteroatoms. The van der Waals surface area contributed by atoms with Crippen LogP contribution in [0.4, 0.5) is 5.13 Å². The Morgan fingerprint density at radius 3 is 2.65 bits per heavy atom. The summed E-state index contributed by atoms with van der Waals surface area (Å²) in [6.45, 7) is 5.83. The van der Waals surface area contributed by atoms with Crippen LogP contribution in [0.15, 0.2) is 4.52 Å². The lowest BCUT2D eigenvalue weighted by molar-refractivity contribution is 0.355. The van der Waals surface area contributed by atoms with Crippen LogP contribution in [0.5, 0.6) is 0 Å². The monoisotopic (exact) mass is 292 g/mol. The van der Waals surface area contributed by atoms with Crippen LogP contribution in [0.1, 0.15) is 30.4 Å². The molecule has 3 aromatic rings. The molecule has 0 fully saturated rings. The first kappa shape index (κ1) is 13.0. The molecule has 0 radical (unpaired) electrons. The average Bonchev–Trinajstić information content (AvgIpc) is 3.07. The first-order chi connectivity index (χ1) is 9.47. The molecule has 0 aliphatic carbocycles. The van der Waals surface area contributed by atoms with Gasteiger partial charge in [-0.25, -0.2) is 9.67 Å². The maximum absolute atomic E-state index is 5.23. The average molecular weight is 292 g/mol. The molecule has 0 saturated carbocycles. The zero-order valence-electron chi connectivity index (χ0n) is 12.1. The molecule has 3 aromatic heterocycles. The fourth-order valence-corrected chi connectivity index (χ4v) is 3.11. The third-order valence-electron chi connectivity index (χ3n) is 3.32. The van der Waals surface area contributed by atoms with E-state index in [4.69, 9.17) is 4.52 Å². The molecule has 3 rings (SSSR count). The Kier molecular flexibility index (Phi) is 2.97. The first-order valence-electron chi connectivity index (χ1n) is 6.30. The second kappa shape index (κ2) is 4.55. The summed E-state index contributed by atoms with van der Waals surface area (Å²) in [5.74, 6) is 1.24. The lowest BCUT2D eigenvalue weighted by Gasteiger charge is -2.20. The van der Waals surface area contributed by atoms with E-state index in [2.05, 4.69) is 20.2 Å². The van der Waals surface area contributed by atoms with Crippen molar-refractivity contribution in [2.45, 2.75) is 26.8 Å². The van der Waals surface area contributed by atoms with Gasteiger partial charge in [0.1, 0.15) is 6.04 Å². The summed E-state index contributed by atoms with van der Waals surface area (Å²) >= 11 is 1.62. The van der Waals surface area contributed by atoms with Gasteiger partial charge >= 0.3 is 0 Å². The van der Waals surface area contributed by atoms with Gasteiger partial charge in [0.25, 0.3) is 0 Å². The highest BCUT2D eigenvalue weighted by Gasteiger charge is 2.22. The van der Waals surface area contributed by atoms with Crippen LogP contribution in [0.25, 0.3) is 10.3 Å². The molecule has 0 bridgehead atoms. The van der Waals surface area contributed by atoms with Gasteiger partial charge < -0.3 is 9.42 Å². The van der Waals surface area contributed by atoms with Crippen molar-refractivity contribution in [1.82, 2.24) is 24.9 Å². The number of fused-ring (bicyclic) bond motifs is 1. The van der Waals surface area contributed by atoms with Gasteiger partial charge in [0.2, 0.25) is 5.89 Å². The number of hydrogen-bond donors (Lipinski definition) is 0. The number of hydrogen-bond acceptors (Lipinski definition) is 7. The lowest BCUT2D eigenvalue weighted by atomic mass is 10.3. The third-order valence-corrected chi connectivity index (χ3v) is 4.56. The zero-order valence-corrected chi connectivity index (χ0v) is 12.9. The summed E-state index contributed by atoms with van der Waals surface area (Å²) in [4.78, 5) is 11.0. The fourth-order valence-electron chi connectivity index (χ4n) is 2.04. The Morgan fingerprint density at radius 1 is 1.30 bits per heavy atom. The molecular weight excluding hydrogens is 276 g/mol. The minimum atomic E-state index is -0.0231. The molecule has 106 valence electrons. The number of rotatable bonds is 3. The summed E-state index contributed by atoms with van der Waals surface area (Å²) in [6, 6.07) is -0.0231. The fraction of sp³-hybridized carbons (Fsp3) is 0.500. The predicted octanol–water partition coefficient (Wildman–Crippen LogP) is 2.23. The highest BCUT2D eigenvalue weighted by atomic mass is 32.1. The van der Waals surface area contributed by atoms with Crippen LogP contribution in [-0.2, 0) is 7.05 Å². The van der Waals surface area contributed by atoms with Crippen molar-refractivity contribution in [2.24, 2.45) is 7.05 Å². The molecule has 0 unspecified atom stereocenters. The predicted molar refractivity (Wildman–Crippen MR) is 77.0 cm³/mol. The molecule has 0 aliphatic heterocycles. The van der Waals surface area contributed by atoms with Crippen molar-refractivity contribution in [3.63, 3.8) is 0 Å². The van der Waals surface area contributed by atoms with Crippen molar-refractivity contribution >= 4 is 26.8 Å². The van der Waals surface area contributed by atoms with Crippen LogP contribution in [0.2, 0.25) is 0 Å². The SMILES string of the molecule is Cc1noc([C@H](C)N(C)c2nc3c(s2)c(C)nn3C)n1. The number of nitrogens with zero attached hydrogens (tertiary/aromatic N) is 6. The number of thiazole rings is 1. The van der Waals surface area contributed by atoms with Gasteiger partial charge in [0.15, 0.2) is 16.6 Å². The summed E-state index contributed by atoms with van der Waals surface area (Å²) in [7, 11) is 3.88. The Balaban J connectivity index is 1.95. The van der Waals surface area contributed by atoms with Gasteiger partial charge in [-0.15, -0.1) is 0 Å². The van der Waals surface area contributed by atoms with Crippen LogP contribution in [0.3, 0.4) is 0 Å². The minimum absolute atomic E-state index is 0.0231. The van der Waals surface area contributed by atoms with E-state index in [1.165, 1.54) is 0 Å². The van der Waals surface area contributed by atoms with E-state index in [1.54, 1.807) is 16.0 Å². The van der Waals surface area contributed by atoms with Crippen molar-refractivity contribution in [2.75, 3.05) is 11.9 Å². The van der Waals surface area contributed by atoms with Gasteiger partial charge in [-0.2, -0.15) is 10.1 Å². The molecule has 0 N–H and O–H groups in total. The maximum Gasteiger partial charge on any atom is 0.249 e. The van der Waals surface area contributed by atoms with Gasteiger partial charge in [0.05, 0.1) is 10.4 Å². The van der Waals surface area contributed by atoms with Crippen molar-refractivity contribution in [3.05, 3.63) is 17.4 Å². The van der Waals surface area contributed by atoms with E-state index in [0.29, 0.717) is 11.7 Å². The minimum Gasteiger partial charge on any atom is -0.339 e. The topological polar surface area (TPSA) is 72.9 Å². The molecule has 3 heterocycles. The standard InChI is InChI=1S/C12H16N6OS/c1-6-9-10(18(5)15-6)14-12(20-9)17(4)7(2)11-13-8(3)16-19-11/h7H,1-5H3/t7-/m0/s1. The van der Waals surface area contributed by atoms with Crippen molar-refractivity contribution in [1.29, 1.82) is 0 Å². The van der Waals surface area contributed by atoms with Gasteiger partial charge in [0, 0.05) is 14.1 Å². The van der Waals surface area contributed by atoms with E-state index in [-0.39, 0.29) is 6.04 Å². The molecule has 0 saturated heterocycles. The summed E-state index contributed by atoms with van der Waals surface area (Å²) in [5.41, 5.74) is 1.91. The highest BCUT2D eigenvalue weighted by Crippen LogP contribution is 2.33. The van der Waals surface area contributed by atoms with E-state index < -0.39 is 0 Å². The van der Waals surface area contributed by atoms with Gasteiger partial charge in [-0.1, -0.05) is 16.5 Å². The molecule has 1 atom stereocenters. The van der Waals surface area contributed by atoms with Crippen LogP contribution in [0, 0.1) is 13.8 Å². The quantitative estimate of drug-likeness (QED) is 0.737.